The van der Waals surface area contributed by atoms with Gasteiger partial charge < -0.3 is 0 Å². The van der Waals surface area contributed by atoms with Gasteiger partial charge in [-0.15, -0.1) is 11.3 Å². The van der Waals surface area contributed by atoms with E-state index in [0.717, 1.165) is 4.88 Å². The van der Waals surface area contributed by atoms with Gasteiger partial charge in [-0.3, -0.25) is 9.59 Å². The Morgan fingerprint density at radius 1 is 1.38 bits per heavy atom. The number of carbonyl (C=O) groups excluding carboxylic acids is 2. The number of hydrogen-bond acceptors (Lipinski definition) is 5. The van der Waals surface area contributed by atoms with Gasteiger partial charge >= 0.3 is 0 Å². The largest absolute Gasteiger partial charge is 0.288 e. The molecule has 1 aliphatic carbocycles. The molecule has 2 amide bonds. The highest BCUT2D eigenvalue weighted by Crippen LogP contribution is 2.24. The van der Waals surface area contributed by atoms with Crippen LogP contribution in [0.5, 0.6) is 0 Å². The maximum absolute atomic E-state index is 12.1. The summed E-state index contributed by atoms with van der Waals surface area (Å²) in [4.78, 5) is 24.8. The Kier molecular flexibility index (Phi) is 3.74. The second kappa shape index (κ2) is 5.84. The second-order valence-corrected chi connectivity index (χ2v) is 5.49. The van der Waals surface area contributed by atoms with Crippen molar-refractivity contribution in [3.8, 4) is 0 Å². The van der Waals surface area contributed by atoms with E-state index < -0.39 is 11.8 Å². The molecule has 0 fully saturated rings. The summed E-state index contributed by atoms with van der Waals surface area (Å²) < 4.78 is 0. The summed E-state index contributed by atoms with van der Waals surface area (Å²) in [5, 5.41) is 9.68. The van der Waals surface area contributed by atoms with Gasteiger partial charge in [-0.05, 0) is 11.4 Å². The van der Waals surface area contributed by atoms with Gasteiger partial charge in [-0.25, -0.2) is 10.9 Å². The standard InChI is InChI=1S/C14H12N4O2S/c19-13-11-6-2-1-5-10(11)12(16-18-13)14(20)17-15-8-9-4-3-7-21-9/h1-8,10-11H,(H,17,20)(H,18,19). The third-order valence-electron chi connectivity index (χ3n) is 3.17. The van der Waals surface area contributed by atoms with Gasteiger partial charge in [0.1, 0.15) is 5.71 Å². The van der Waals surface area contributed by atoms with E-state index in [2.05, 4.69) is 21.1 Å². The van der Waals surface area contributed by atoms with E-state index >= 15 is 0 Å². The van der Waals surface area contributed by atoms with Crippen LogP contribution in [0.3, 0.4) is 0 Å². The Bertz CT molecular complexity index is 673. The Morgan fingerprint density at radius 2 is 2.19 bits per heavy atom. The van der Waals surface area contributed by atoms with Crippen LogP contribution < -0.4 is 10.9 Å². The van der Waals surface area contributed by atoms with Gasteiger partial charge in [-0.1, -0.05) is 30.4 Å². The molecule has 1 aliphatic heterocycles. The van der Waals surface area contributed by atoms with Crippen LogP contribution in [-0.2, 0) is 9.59 Å². The van der Waals surface area contributed by atoms with Gasteiger partial charge in [-0.2, -0.15) is 10.2 Å². The first-order valence-electron chi connectivity index (χ1n) is 6.35. The van der Waals surface area contributed by atoms with Gasteiger partial charge in [0, 0.05) is 10.8 Å². The van der Waals surface area contributed by atoms with E-state index in [0.29, 0.717) is 0 Å². The first-order valence-corrected chi connectivity index (χ1v) is 7.23. The van der Waals surface area contributed by atoms with Crippen molar-refractivity contribution in [2.24, 2.45) is 22.0 Å². The molecule has 0 aromatic carbocycles. The lowest BCUT2D eigenvalue weighted by molar-refractivity contribution is -0.124. The zero-order valence-electron chi connectivity index (χ0n) is 10.9. The summed E-state index contributed by atoms with van der Waals surface area (Å²) in [6.45, 7) is 0. The molecule has 0 bridgehead atoms. The summed E-state index contributed by atoms with van der Waals surface area (Å²) in [6.07, 6.45) is 8.72. The molecule has 0 radical (unpaired) electrons. The number of rotatable bonds is 3. The van der Waals surface area contributed by atoms with E-state index in [1.165, 1.54) is 11.3 Å². The molecule has 106 valence electrons. The van der Waals surface area contributed by atoms with Crippen LogP contribution in [0.2, 0.25) is 0 Å². The minimum Gasteiger partial charge on any atom is -0.272 e. The van der Waals surface area contributed by atoms with Crippen LogP contribution in [0.4, 0.5) is 0 Å². The van der Waals surface area contributed by atoms with E-state index in [4.69, 9.17) is 0 Å². The van der Waals surface area contributed by atoms with Crippen LogP contribution in [-0.4, -0.2) is 23.7 Å². The van der Waals surface area contributed by atoms with Gasteiger partial charge in [0.05, 0.1) is 12.1 Å². The molecule has 2 aliphatic rings. The number of hydrazone groups is 2. The fraction of sp³-hybridized carbons (Fsp3) is 0.143. The molecular weight excluding hydrogens is 288 g/mol. The molecule has 2 atom stereocenters. The van der Waals surface area contributed by atoms with E-state index in [1.807, 2.05) is 17.5 Å². The van der Waals surface area contributed by atoms with Crippen molar-refractivity contribution in [2.45, 2.75) is 0 Å². The molecule has 2 unspecified atom stereocenters. The van der Waals surface area contributed by atoms with Crippen molar-refractivity contribution in [3.05, 3.63) is 46.7 Å². The van der Waals surface area contributed by atoms with Gasteiger partial charge in [0.25, 0.3) is 5.91 Å². The number of nitrogens with zero attached hydrogens (tertiary/aromatic N) is 2. The summed E-state index contributed by atoms with van der Waals surface area (Å²) >= 11 is 1.52. The molecule has 0 spiro atoms. The van der Waals surface area contributed by atoms with Gasteiger partial charge in [0.15, 0.2) is 0 Å². The summed E-state index contributed by atoms with van der Waals surface area (Å²) in [7, 11) is 0. The van der Waals surface area contributed by atoms with Crippen molar-refractivity contribution < 1.29 is 9.59 Å². The fourth-order valence-corrected chi connectivity index (χ4v) is 2.75. The Labute approximate surface area is 124 Å². The Hall–Kier alpha value is -2.54. The average molecular weight is 300 g/mol. The number of nitrogens with one attached hydrogen (secondary N) is 2. The molecule has 3 rings (SSSR count). The zero-order chi connectivity index (χ0) is 14.7. The third kappa shape index (κ3) is 2.82. The fourth-order valence-electron chi connectivity index (χ4n) is 2.16. The molecule has 6 nitrogen and oxygen atoms in total. The lowest BCUT2D eigenvalue weighted by Gasteiger charge is -2.26. The number of allylic oxidation sites excluding steroid dienone is 3. The lowest BCUT2D eigenvalue weighted by atomic mass is 9.83. The lowest BCUT2D eigenvalue weighted by Crippen LogP contribution is -2.46. The van der Waals surface area contributed by atoms with Crippen molar-refractivity contribution >= 4 is 35.1 Å². The van der Waals surface area contributed by atoms with Crippen LogP contribution in [0.1, 0.15) is 4.88 Å². The summed E-state index contributed by atoms with van der Waals surface area (Å²) in [5.41, 5.74) is 5.06. The topological polar surface area (TPSA) is 82.9 Å². The predicted molar refractivity (Wildman–Crippen MR) is 80.9 cm³/mol. The van der Waals surface area contributed by atoms with Crippen LogP contribution in [0.15, 0.2) is 52.0 Å². The van der Waals surface area contributed by atoms with Crippen LogP contribution in [0, 0.1) is 11.8 Å². The molecular formula is C14H12N4O2S. The number of fused-ring (bicyclic) bond motifs is 1. The van der Waals surface area contributed by atoms with E-state index in [9.17, 15) is 9.59 Å². The highest BCUT2D eigenvalue weighted by molar-refractivity contribution is 7.11. The predicted octanol–water partition coefficient (Wildman–Crippen LogP) is 1.04. The van der Waals surface area contributed by atoms with Crippen molar-refractivity contribution in [3.63, 3.8) is 0 Å². The van der Waals surface area contributed by atoms with Crippen LogP contribution >= 0.6 is 11.3 Å². The minimum atomic E-state index is -0.419. The molecule has 2 heterocycles. The monoisotopic (exact) mass is 300 g/mol. The molecule has 2 N–H and O–H groups in total. The summed E-state index contributed by atoms with van der Waals surface area (Å²) in [6, 6.07) is 3.79. The van der Waals surface area contributed by atoms with Crippen molar-refractivity contribution in [2.75, 3.05) is 0 Å². The Morgan fingerprint density at radius 3 is 2.95 bits per heavy atom. The average Bonchev–Trinajstić information content (AvgIpc) is 3.01. The van der Waals surface area contributed by atoms with Crippen molar-refractivity contribution in [1.82, 2.24) is 10.9 Å². The van der Waals surface area contributed by atoms with Crippen LogP contribution in [0.25, 0.3) is 0 Å². The molecule has 0 saturated heterocycles. The molecule has 21 heavy (non-hydrogen) atoms. The van der Waals surface area contributed by atoms with E-state index in [1.54, 1.807) is 30.5 Å². The Balaban J connectivity index is 1.71. The first kappa shape index (κ1) is 13.4. The normalized spacial score (nSPS) is 23.6. The summed E-state index contributed by atoms with van der Waals surface area (Å²) in [5.74, 6) is -1.37. The molecule has 1 aromatic rings. The maximum Gasteiger partial charge on any atom is 0.288 e. The van der Waals surface area contributed by atoms with E-state index in [-0.39, 0.29) is 17.5 Å². The number of hydrogen-bond donors (Lipinski definition) is 2. The van der Waals surface area contributed by atoms with Gasteiger partial charge in [0.2, 0.25) is 5.91 Å². The molecule has 0 saturated carbocycles. The minimum absolute atomic E-state index is 0.209. The third-order valence-corrected chi connectivity index (χ3v) is 3.98. The zero-order valence-corrected chi connectivity index (χ0v) is 11.7. The maximum atomic E-state index is 12.1. The smallest absolute Gasteiger partial charge is 0.272 e. The number of carbonyl (C=O) groups is 2. The quantitative estimate of drug-likeness (QED) is 0.646. The van der Waals surface area contributed by atoms with Crippen molar-refractivity contribution in [1.29, 1.82) is 0 Å². The SMILES string of the molecule is O=C(NN=Cc1cccs1)C1=NNC(=O)C2C=CC=CC12. The number of amides is 2. The second-order valence-electron chi connectivity index (χ2n) is 4.51. The first-order chi connectivity index (χ1) is 10.3. The molecule has 1 aromatic heterocycles. The highest BCUT2D eigenvalue weighted by Gasteiger charge is 2.36. The highest BCUT2D eigenvalue weighted by atomic mass is 32.1. The molecule has 7 heteroatoms. The number of thiophene rings is 1.